The van der Waals surface area contributed by atoms with Gasteiger partial charge in [-0.15, -0.1) is 0 Å². The molecule has 2 fully saturated rings. The van der Waals surface area contributed by atoms with Crippen LogP contribution in [0.3, 0.4) is 0 Å². The van der Waals surface area contributed by atoms with Crippen molar-refractivity contribution in [2.24, 2.45) is 5.92 Å². The molecule has 0 saturated carbocycles. The van der Waals surface area contributed by atoms with E-state index in [2.05, 4.69) is 23.8 Å². The average molecular weight is 375 g/mol. The second-order valence-electron chi connectivity index (χ2n) is 8.62. The lowest BCUT2D eigenvalue weighted by molar-refractivity contribution is 0.0702. The second kappa shape index (κ2) is 7.49. The van der Waals surface area contributed by atoms with E-state index in [1.807, 2.05) is 0 Å². The molecule has 27 heavy (non-hydrogen) atoms. The molecule has 2 saturated heterocycles. The number of nitrogens with zero attached hydrogens (tertiary/aromatic N) is 2. The topological polar surface area (TPSA) is 55.8 Å². The minimum absolute atomic E-state index is 0.181. The summed E-state index contributed by atoms with van der Waals surface area (Å²) in [6.45, 7) is 3.91. The van der Waals surface area contributed by atoms with E-state index in [0.29, 0.717) is 24.9 Å². The number of rotatable bonds is 4. The van der Waals surface area contributed by atoms with Gasteiger partial charge in [-0.05, 0) is 74.8 Å². The Bertz CT molecular complexity index is 712. The van der Waals surface area contributed by atoms with Gasteiger partial charge in [0.15, 0.2) is 0 Å². The van der Waals surface area contributed by atoms with Crippen molar-refractivity contribution in [3.63, 3.8) is 0 Å². The number of hydrogen-bond donors (Lipinski definition) is 2. The lowest BCUT2D eigenvalue weighted by Gasteiger charge is -2.42. The Morgan fingerprint density at radius 2 is 2.00 bits per heavy atom. The minimum Gasteiger partial charge on any atom is -0.300 e. The molecule has 1 aromatic rings. The number of piperidine rings is 1. The lowest BCUT2D eigenvalue weighted by atomic mass is 9.86. The normalized spacial score (nSPS) is 31.0. The number of amides is 1. The molecular weight excluding hydrogens is 345 g/mol. The van der Waals surface area contributed by atoms with Gasteiger partial charge in [0.1, 0.15) is 5.82 Å². The number of benzene rings is 1. The van der Waals surface area contributed by atoms with Gasteiger partial charge >= 0.3 is 0 Å². The maximum absolute atomic E-state index is 14.6. The van der Waals surface area contributed by atoms with Crippen molar-refractivity contribution in [2.75, 3.05) is 13.6 Å². The van der Waals surface area contributed by atoms with E-state index in [1.165, 1.54) is 31.7 Å². The Hall–Kier alpha value is -1.50. The van der Waals surface area contributed by atoms with Gasteiger partial charge in [-0.2, -0.15) is 0 Å². The molecule has 3 atom stereocenters. The van der Waals surface area contributed by atoms with Crippen LogP contribution in [0, 0.1) is 11.7 Å². The zero-order valence-corrected chi connectivity index (χ0v) is 16.2. The summed E-state index contributed by atoms with van der Waals surface area (Å²) in [5.41, 5.74) is 3.41. The van der Waals surface area contributed by atoms with Crippen LogP contribution in [-0.2, 0) is 13.0 Å². The van der Waals surface area contributed by atoms with Crippen molar-refractivity contribution < 1.29 is 14.4 Å². The van der Waals surface area contributed by atoms with Crippen LogP contribution in [0.5, 0.6) is 0 Å². The molecule has 1 amide bonds. The molecule has 4 rings (SSSR count). The quantitative estimate of drug-likeness (QED) is 0.628. The fraction of sp³-hybridized carbons (Fsp3) is 0.667. The van der Waals surface area contributed by atoms with Gasteiger partial charge in [-0.25, -0.2) is 9.87 Å². The van der Waals surface area contributed by atoms with Gasteiger partial charge in [0, 0.05) is 36.8 Å². The molecule has 0 aliphatic carbocycles. The SMILES string of the molecule is CCC1Cc2c(F)cc(C(=O)NO)cc2CN1CC1CC2CCC(C1)N2C. The Kier molecular flexibility index (Phi) is 5.23. The van der Waals surface area contributed by atoms with Crippen LogP contribution in [0.4, 0.5) is 4.39 Å². The first-order valence-corrected chi connectivity index (χ1v) is 10.2. The zero-order valence-electron chi connectivity index (χ0n) is 16.2. The van der Waals surface area contributed by atoms with E-state index < -0.39 is 5.91 Å². The molecule has 1 aromatic carbocycles. The van der Waals surface area contributed by atoms with E-state index in [1.54, 1.807) is 11.5 Å². The van der Waals surface area contributed by atoms with Gasteiger partial charge in [0.2, 0.25) is 0 Å². The van der Waals surface area contributed by atoms with Gasteiger partial charge in [-0.1, -0.05) is 6.92 Å². The number of hydrogen-bond acceptors (Lipinski definition) is 4. The third-order valence-electron chi connectivity index (χ3n) is 7.14. The summed E-state index contributed by atoms with van der Waals surface area (Å²) < 4.78 is 14.6. The second-order valence-corrected chi connectivity index (χ2v) is 8.62. The molecule has 0 radical (unpaired) electrons. The monoisotopic (exact) mass is 375 g/mol. The first-order valence-electron chi connectivity index (χ1n) is 10.2. The Morgan fingerprint density at radius 3 is 2.63 bits per heavy atom. The number of fused-ring (bicyclic) bond motifs is 3. The highest BCUT2D eigenvalue weighted by molar-refractivity contribution is 5.93. The van der Waals surface area contributed by atoms with Crippen LogP contribution in [0.2, 0.25) is 0 Å². The fourth-order valence-corrected chi connectivity index (χ4v) is 5.59. The zero-order chi connectivity index (χ0) is 19.1. The Labute approximate surface area is 160 Å². The third kappa shape index (κ3) is 3.50. The van der Waals surface area contributed by atoms with E-state index in [0.717, 1.165) is 36.2 Å². The Balaban J connectivity index is 1.53. The first-order chi connectivity index (χ1) is 13.0. The highest BCUT2D eigenvalue weighted by atomic mass is 19.1. The predicted molar refractivity (Wildman–Crippen MR) is 101 cm³/mol. The van der Waals surface area contributed by atoms with Crippen LogP contribution in [-0.4, -0.2) is 52.6 Å². The van der Waals surface area contributed by atoms with Crippen LogP contribution >= 0.6 is 0 Å². The fourth-order valence-electron chi connectivity index (χ4n) is 5.59. The highest BCUT2D eigenvalue weighted by Crippen LogP contribution is 2.39. The van der Waals surface area contributed by atoms with E-state index in [-0.39, 0.29) is 11.4 Å². The molecule has 0 spiro atoms. The Morgan fingerprint density at radius 1 is 1.30 bits per heavy atom. The highest BCUT2D eigenvalue weighted by Gasteiger charge is 2.39. The van der Waals surface area contributed by atoms with Gasteiger partial charge < -0.3 is 4.90 Å². The predicted octanol–water partition coefficient (Wildman–Crippen LogP) is 2.95. The maximum Gasteiger partial charge on any atom is 0.274 e. The molecular formula is C21H30FN3O2. The van der Waals surface area contributed by atoms with Crippen molar-refractivity contribution in [1.82, 2.24) is 15.3 Å². The number of halogens is 1. The summed E-state index contributed by atoms with van der Waals surface area (Å²) >= 11 is 0. The molecule has 5 nitrogen and oxygen atoms in total. The number of nitrogens with one attached hydrogen (secondary N) is 1. The first kappa shape index (κ1) is 18.8. The van der Waals surface area contributed by atoms with Gasteiger partial charge in [0.05, 0.1) is 0 Å². The molecule has 0 aromatic heterocycles. The lowest BCUT2D eigenvalue weighted by Crippen LogP contribution is -2.47. The molecule has 2 N–H and O–H groups in total. The average Bonchev–Trinajstić information content (AvgIpc) is 2.87. The third-order valence-corrected chi connectivity index (χ3v) is 7.14. The van der Waals surface area contributed by atoms with Crippen molar-refractivity contribution >= 4 is 5.91 Å². The van der Waals surface area contributed by atoms with E-state index in [4.69, 9.17) is 5.21 Å². The maximum atomic E-state index is 14.6. The molecule has 3 heterocycles. The van der Waals surface area contributed by atoms with Crippen LogP contribution in [0.15, 0.2) is 12.1 Å². The minimum atomic E-state index is -0.659. The van der Waals surface area contributed by atoms with E-state index >= 15 is 0 Å². The van der Waals surface area contributed by atoms with Crippen molar-refractivity contribution in [3.05, 3.63) is 34.6 Å². The van der Waals surface area contributed by atoms with Crippen molar-refractivity contribution in [2.45, 2.75) is 70.1 Å². The number of carbonyl (C=O) groups is 1. The molecule has 6 heteroatoms. The van der Waals surface area contributed by atoms with Crippen LogP contribution in [0.25, 0.3) is 0 Å². The summed E-state index contributed by atoms with van der Waals surface area (Å²) in [6.07, 6.45) is 6.85. The van der Waals surface area contributed by atoms with Crippen molar-refractivity contribution in [3.8, 4) is 0 Å². The molecule has 148 valence electrons. The number of carbonyl (C=O) groups excluding carboxylic acids is 1. The van der Waals surface area contributed by atoms with E-state index in [9.17, 15) is 9.18 Å². The summed E-state index contributed by atoms with van der Waals surface area (Å²) in [4.78, 5) is 16.8. The van der Waals surface area contributed by atoms with Crippen LogP contribution in [0.1, 0.15) is 60.5 Å². The molecule has 3 aliphatic heterocycles. The van der Waals surface area contributed by atoms with Gasteiger partial charge in [0.25, 0.3) is 5.91 Å². The van der Waals surface area contributed by atoms with Crippen molar-refractivity contribution in [1.29, 1.82) is 0 Å². The van der Waals surface area contributed by atoms with Crippen LogP contribution < -0.4 is 5.48 Å². The summed E-state index contributed by atoms with van der Waals surface area (Å²) in [7, 11) is 2.26. The standard InChI is InChI=1S/C21H30FN3O2/c1-3-16-10-19-15(8-14(9-20(19)22)21(26)23-27)12-25(16)11-13-6-17-4-5-18(7-13)24(17)2/h8-9,13,16-18,27H,3-7,10-12H2,1-2H3,(H,23,26). The summed E-state index contributed by atoms with van der Waals surface area (Å²) in [5.74, 6) is -0.294. The molecule has 3 aliphatic rings. The molecule has 3 unspecified atom stereocenters. The largest absolute Gasteiger partial charge is 0.300 e. The van der Waals surface area contributed by atoms with Gasteiger partial charge in [-0.3, -0.25) is 14.9 Å². The summed E-state index contributed by atoms with van der Waals surface area (Å²) in [6, 6.07) is 4.77. The number of hydroxylamine groups is 1. The summed E-state index contributed by atoms with van der Waals surface area (Å²) in [5, 5.41) is 8.87. The smallest absolute Gasteiger partial charge is 0.274 e. The molecule has 2 bridgehead atoms.